The van der Waals surface area contributed by atoms with Crippen LogP contribution < -0.4 is 0 Å². The maximum atomic E-state index is 11.5. The number of fused-ring (bicyclic) bond motifs is 1. The van der Waals surface area contributed by atoms with Crippen molar-refractivity contribution >= 4 is 5.97 Å². The maximum absolute atomic E-state index is 11.5. The molecule has 0 bridgehead atoms. The van der Waals surface area contributed by atoms with Crippen molar-refractivity contribution in [3.8, 4) is 0 Å². The first-order valence-electron chi connectivity index (χ1n) is 7.01. The van der Waals surface area contributed by atoms with Crippen molar-refractivity contribution in [1.29, 1.82) is 0 Å². The van der Waals surface area contributed by atoms with E-state index in [4.69, 9.17) is 4.74 Å². The van der Waals surface area contributed by atoms with Gasteiger partial charge >= 0.3 is 5.97 Å². The molecule has 4 nitrogen and oxygen atoms in total. The zero-order valence-electron chi connectivity index (χ0n) is 12.4. The lowest BCUT2D eigenvalue weighted by Gasteiger charge is -2.34. The van der Waals surface area contributed by atoms with E-state index in [2.05, 4.69) is 18.7 Å². The van der Waals surface area contributed by atoms with Crippen molar-refractivity contribution in [2.45, 2.75) is 38.3 Å². The molecule has 1 unspecified atom stereocenters. The van der Waals surface area contributed by atoms with Gasteiger partial charge in [-0.05, 0) is 31.4 Å². The Morgan fingerprint density at radius 2 is 2.15 bits per heavy atom. The van der Waals surface area contributed by atoms with Crippen LogP contribution in [0.1, 0.15) is 37.3 Å². The number of nitrogens with zero attached hydrogens (tertiary/aromatic N) is 1. The summed E-state index contributed by atoms with van der Waals surface area (Å²) in [5.74, 6) is -1.17. The number of carboxylic acid groups (broad SMARTS) is 1. The summed E-state index contributed by atoms with van der Waals surface area (Å²) in [5.41, 5.74) is 1.92. The second-order valence-electron chi connectivity index (χ2n) is 6.04. The highest BCUT2D eigenvalue weighted by Gasteiger charge is 2.30. The summed E-state index contributed by atoms with van der Waals surface area (Å²) >= 11 is 0. The Bertz CT molecular complexity index is 484. The number of rotatable bonds is 5. The largest absolute Gasteiger partial charge is 0.481 e. The van der Waals surface area contributed by atoms with Crippen molar-refractivity contribution in [3.05, 3.63) is 35.4 Å². The summed E-state index contributed by atoms with van der Waals surface area (Å²) < 4.78 is 5.43. The molecule has 2 rings (SSSR count). The number of hydrogen-bond donors (Lipinski definition) is 1. The average Bonchev–Trinajstić information content (AvgIpc) is 2.44. The van der Waals surface area contributed by atoms with Gasteiger partial charge in [0.2, 0.25) is 0 Å². The van der Waals surface area contributed by atoms with Gasteiger partial charge in [-0.3, -0.25) is 9.69 Å². The molecule has 0 saturated carbocycles. The van der Waals surface area contributed by atoms with E-state index in [1.54, 1.807) is 7.11 Å². The molecule has 0 spiro atoms. The van der Waals surface area contributed by atoms with Gasteiger partial charge < -0.3 is 9.84 Å². The van der Waals surface area contributed by atoms with Crippen molar-refractivity contribution in [1.82, 2.24) is 4.90 Å². The lowest BCUT2D eigenvalue weighted by atomic mass is 9.89. The van der Waals surface area contributed by atoms with Crippen LogP contribution in [-0.2, 0) is 16.1 Å². The molecular weight excluding hydrogens is 254 g/mol. The van der Waals surface area contributed by atoms with Crippen LogP contribution in [0.4, 0.5) is 0 Å². The van der Waals surface area contributed by atoms with E-state index in [-0.39, 0.29) is 5.60 Å². The summed E-state index contributed by atoms with van der Waals surface area (Å²) in [6.07, 6.45) is 0.887. The Labute approximate surface area is 120 Å². The Morgan fingerprint density at radius 1 is 1.45 bits per heavy atom. The Kier molecular flexibility index (Phi) is 4.45. The van der Waals surface area contributed by atoms with Gasteiger partial charge in [0.15, 0.2) is 0 Å². The molecule has 1 aromatic carbocycles. The van der Waals surface area contributed by atoms with Gasteiger partial charge in [-0.25, -0.2) is 0 Å². The molecule has 1 aliphatic rings. The minimum absolute atomic E-state index is 0.171. The predicted molar refractivity (Wildman–Crippen MR) is 77.8 cm³/mol. The van der Waals surface area contributed by atoms with Crippen LogP contribution in [0.2, 0.25) is 0 Å². The van der Waals surface area contributed by atoms with Gasteiger partial charge in [0.05, 0.1) is 11.5 Å². The first kappa shape index (κ1) is 15.0. The molecule has 1 aromatic rings. The third-order valence-electron chi connectivity index (χ3n) is 4.15. The topological polar surface area (TPSA) is 49.8 Å². The average molecular weight is 277 g/mol. The third kappa shape index (κ3) is 3.38. The van der Waals surface area contributed by atoms with E-state index in [9.17, 15) is 9.90 Å². The molecule has 0 aliphatic carbocycles. The number of ether oxygens (including phenoxy) is 1. The lowest BCUT2D eigenvalue weighted by Crippen LogP contribution is -2.39. The summed E-state index contributed by atoms with van der Waals surface area (Å²) in [6.45, 7) is 6.35. The molecular formula is C16H23NO3. The molecule has 1 atom stereocenters. The van der Waals surface area contributed by atoms with E-state index in [0.29, 0.717) is 6.54 Å². The van der Waals surface area contributed by atoms with Gasteiger partial charge in [-0.1, -0.05) is 24.3 Å². The summed E-state index contributed by atoms with van der Waals surface area (Å²) in [5, 5.41) is 9.43. The minimum Gasteiger partial charge on any atom is -0.481 e. The fourth-order valence-corrected chi connectivity index (χ4v) is 2.59. The van der Waals surface area contributed by atoms with E-state index in [1.807, 2.05) is 24.3 Å². The third-order valence-corrected chi connectivity index (χ3v) is 4.15. The van der Waals surface area contributed by atoms with E-state index < -0.39 is 11.9 Å². The van der Waals surface area contributed by atoms with Crippen molar-refractivity contribution in [3.63, 3.8) is 0 Å². The zero-order valence-corrected chi connectivity index (χ0v) is 12.4. The molecule has 0 amide bonds. The van der Waals surface area contributed by atoms with Gasteiger partial charge in [0, 0.05) is 26.7 Å². The first-order valence-corrected chi connectivity index (χ1v) is 7.01. The number of methoxy groups -OCH3 is 1. The highest BCUT2D eigenvalue weighted by molar-refractivity contribution is 5.77. The zero-order chi connectivity index (χ0) is 14.8. The molecule has 0 saturated heterocycles. The lowest BCUT2D eigenvalue weighted by molar-refractivity contribution is -0.139. The van der Waals surface area contributed by atoms with E-state index in [1.165, 1.54) is 0 Å². The highest BCUT2D eigenvalue weighted by Crippen LogP contribution is 2.29. The van der Waals surface area contributed by atoms with Crippen molar-refractivity contribution in [2.24, 2.45) is 0 Å². The van der Waals surface area contributed by atoms with Crippen LogP contribution in [-0.4, -0.2) is 41.8 Å². The predicted octanol–water partition coefficient (Wildman–Crippen LogP) is 2.49. The molecule has 0 aromatic heterocycles. The van der Waals surface area contributed by atoms with Crippen LogP contribution in [0.5, 0.6) is 0 Å². The number of hydrogen-bond acceptors (Lipinski definition) is 3. The van der Waals surface area contributed by atoms with Gasteiger partial charge in [-0.15, -0.1) is 0 Å². The molecule has 110 valence electrons. The van der Waals surface area contributed by atoms with Crippen molar-refractivity contribution < 1.29 is 14.6 Å². The van der Waals surface area contributed by atoms with Gasteiger partial charge in [-0.2, -0.15) is 0 Å². The molecule has 4 heteroatoms. The molecule has 20 heavy (non-hydrogen) atoms. The fourth-order valence-electron chi connectivity index (χ4n) is 2.59. The molecule has 0 fully saturated rings. The summed E-state index contributed by atoms with van der Waals surface area (Å²) in [4.78, 5) is 13.7. The van der Waals surface area contributed by atoms with Gasteiger partial charge in [0.1, 0.15) is 0 Å². The highest BCUT2D eigenvalue weighted by atomic mass is 16.5. The Hall–Kier alpha value is -1.39. The molecule has 1 aliphatic heterocycles. The first-order chi connectivity index (χ1) is 9.43. The van der Waals surface area contributed by atoms with E-state index >= 15 is 0 Å². The van der Waals surface area contributed by atoms with Crippen molar-refractivity contribution in [2.75, 3.05) is 20.2 Å². The van der Waals surface area contributed by atoms with Crippen LogP contribution in [0.25, 0.3) is 0 Å². The standard InChI is InChI=1S/C16H23NO3/c1-16(2,20-3)8-9-17-10-12-6-4-5-7-13(12)14(11-17)15(18)19/h4-7,14H,8-11H2,1-3H3,(H,18,19). The second kappa shape index (κ2) is 5.94. The summed E-state index contributed by atoms with van der Waals surface area (Å²) in [6, 6.07) is 7.85. The number of benzene rings is 1. The molecule has 0 radical (unpaired) electrons. The normalized spacial score (nSPS) is 19.6. The quantitative estimate of drug-likeness (QED) is 0.898. The van der Waals surface area contributed by atoms with Crippen LogP contribution in [0.3, 0.4) is 0 Å². The monoisotopic (exact) mass is 277 g/mol. The molecule has 1 heterocycles. The minimum atomic E-state index is -0.742. The van der Waals surface area contributed by atoms with E-state index in [0.717, 1.165) is 30.6 Å². The molecule has 1 N–H and O–H groups in total. The second-order valence-corrected chi connectivity index (χ2v) is 6.04. The smallest absolute Gasteiger partial charge is 0.312 e. The number of aliphatic carboxylic acids is 1. The van der Waals surface area contributed by atoms with Crippen LogP contribution in [0, 0.1) is 0 Å². The SMILES string of the molecule is COC(C)(C)CCN1Cc2ccccc2C(C(=O)O)C1. The maximum Gasteiger partial charge on any atom is 0.312 e. The number of carboxylic acids is 1. The van der Waals surface area contributed by atoms with Crippen LogP contribution in [0.15, 0.2) is 24.3 Å². The van der Waals surface area contributed by atoms with Crippen LogP contribution >= 0.6 is 0 Å². The van der Waals surface area contributed by atoms with Gasteiger partial charge in [0.25, 0.3) is 0 Å². The summed E-state index contributed by atoms with van der Waals surface area (Å²) in [7, 11) is 1.71. The number of carbonyl (C=O) groups is 1. The Morgan fingerprint density at radius 3 is 2.80 bits per heavy atom. The Balaban J connectivity index is 2.10. The fraction of sp³-hybridized carbons (Fsp3) is 0.562.